The summed E-state index contributed by atoms with van der Waals surface area (Å²) in [4.78, 5) is 21.0. The number of aliphatic imine (C=N–C) groups is 1. The Morgan fingerprint density at radius 2 is 2.00 bits per heavy atom. The summed E-state index contributed by atoms with van der Waals surface area (Å²) >= 11 is 0. The summed E-state index contributed by atoms with van der Waals surface area (Å²) in [6, 6.07) is 1.07. The molecule has 1 saturated carbocycles. The van der Waals surface area contributed by atoms with Crippen molar-refractivity contribution in [2.24, 2.45) is 4.99 Å². The third kappa shape index (κ3) is 5.08. The van der Waals surface area contributed by atoms with E-state index in [-0.39, 0.29) is 5.91 Å². The number of hydrogen-bond donors (Lipinski definition) is 2. The van der Waals surface area contributed by atoms with Crippen molar-refractivity contribution >= 4 is 11.9 Å². The third-order valence-electron chi connectivity index (χ3n) is 5.04. The van der Waals surface area contributed by atoms with Crippen LogP contribution in [0, 0.1) is 0 Å². The van der Waals surface area contributed by atoms with E-state index in [0.29, 0.717) is 18.5 Å². The van der Waals surface area contributed by atoms with E-state index in [4.69, 9.17) is 4.74 Å². The molecule has 7 heteroatoms. The van der Waals surface area contributed by atoms with Crippen LogP contribution in [0.2, 0.25) is 0 Å². The van der Waals surface area contributed by atoms with Crippen LogP contribution in [-0.2, 0) is 9.53 Å². The van der Waals surface area contributed by atoms with Gasteiger partial charge in [-0.3, -0.25) is 14.7 Å². The van der Waals surface area contributed by atoms with Gasteiger partial charge in [0.1, 0.15) is 0 Å². The van der Waals surface area contributed by atoms with E-state index in [9.17, 15) is 4.79 Å². The van der Waals surface area contributed by atoms with Crippen molar-refractivity contribution < 1.29 is 9.53 Å². The largest absolute Gasteiger partial charge is 0.379 e. The first-order valence-corrected chi connectivity index (χ1v) is 9.33. The molecular weight excluding hydrogens is 306 g/mol. The van der Waals surface area contributed by atoms with Gasteiger partial charge < -0.3 is 20.3 Å². The molecule has 3 fully saturated rings. The molecule has 1 amide bonds. The van der Waals surface area contributed by atoms with Crippen LogP contribution in [-0.4, -0.2) is 86.7 Å². The van der Waals surface area contributed by atoms with E-state index in [2.05, 4.69) is 25.4 Å². The topological polar surface area (TPSA) is 69.2 Å². The lowest BCUT2D eigenvalue weighted by molar-refractivity contribution is -0.121. The van der Waals surface area contributed by atoms with Gasteiger partial charge in [0.15, 0.2) is 5.96 Å². The van der Waals surface area contributed by atoms with Gasteiger partial charge in [-0.2, -0.15) is 0 Å². The fraction of sp³-hybridized carbons (Fsp3) is 0.882. The number of guanidine groups is 1. The van der Waals surface area contributed by atoms with Crippen LogP contribution >= 0.6 is 0 Å². The van der Waals surface area contributed by atoms with Crippen molar-refractivity contribution in [1.82, 2.24) is 20.4 Å². The number of amides is 1. The average molecular weight is 337 g/mol. The third-order valence-corrected chi connectivity index (χ3v) is 5.04. The summed E-state index contributed by atoms with van der Waals surface area (Å²) in [6.45, 7) is 6.66. The Balaban J connectivity index is 1.34. The van der Waals surface area contributed by atoms with E-state index in [1.165, 1.54) is 6.42 Å². The molecule has 1 unspecified atom stereocenters. The summed E-state index contributed by atoms with van der Waals surface area (Å²) in [5, 5.41) is 6.44. The van der Waals surface area contributed by atoms with Gasteiger partial charge in [-0.25, -0.2) is 0 Å². The maximum atomic E-state index is 11.7. The smallest absolute Gasteiger partial charge is 0.220 e. The summed E-state index contributed by atoms with van der Waals surface area (Å²) in [6.07, 6.45) is 4.92. The van der Waals surface area contributed by atoms with Gasteiger partial charge >= 0.3 is 0 Å². The maximum Gasteiger partial charge on any atom is 0.220 e. The number of ether oxygens (including phenoxy) is 1. The normalized spacial score (nSPS) is 25.8. The number of nitrogens with zero attached hydrogens (tertiary/aromatic N) is 3. The monoisotopic (exact) mass is 337 g/mol. The van der Waals surface area contributed by atoms with Gasteiger partial charge in [-0.05, 0) is 25.7 Å². The predicted molar refractivity (Wildman–Crippen MR) is 94.1 cm³/mol. The molecule has 2 saturated heterocycles. The highest BCUT2D eigenvalue weighted by Crippen LogP contribution is 2.19. The Kier molecular flexibility index (Phi) is 6.31. The Morgan fingerprint density at radius 3 is 2.71 bits per heavy atom. The maximum absolute atomic E-state index is 11.7. The molecule has 0 aromatic carbocycles. The van der Waals surface area contributed by atoms with E-state index < -0.39 is 0 Å². The number of carbonyl (C=O) groups is 1. The number of hydrogen-bond acceptors (Lipinski definition) is 4. The first-order chi connectivity index (χ1) is 11.8. The van der Waals surface area contributed by atoms with Crippen LogP contribution in [0.5, 0.6) is 0 Å². The molecule has 0 radical (unpaired) electrons. The average Bonchev–Trinajstić information content (AvgIpc) is 3.28. The summed E-state index contributed by atoms with van der Waals surface area (Å²) in [5.74, 6) is 1.15. The SMILES string of the molecule is CN=C(NCCCC(=O)NC1CC1)N1CCC(N2CCOCC2)C1. The minimum Gasteiger partial charge on any atom is -0.379 e. The lowest BCUT2D eigenvalue weighted by atomic mass is 10.2. The summed E-state index contributed by atoms with van der Waals surface area (Å²) < 4.78 is 5.44. The second-order valence-electron chi connectivity index (χ2n) is 6.96. The van der Waals surface area contributed by atoms with E-state index in [1.807, 2.05) is 7.05 Å². The quantitative estimate of drug-likeness (QED) is 0.406. The van der Waals surface area contributed by atoms with E-state index in [1.54, 1.807) is 0 Å². The van der Waals surface area contributed by atoms with Crippen molar-refractivity contribution in [3.8, 4) is 0 Å². The van der Waals surface area contributed by atoms with Crippen molar-refractivity contribution in [1.29, 1.82) is 0 Å². The van der Waals surface area contributed by atoms with Crippen LogP contribution in [0.15, 0.2) is 4.99 Å². The minimum absolute atomic E-state index is 0.183. The molecule has 1 atom stereocenters. The molecule has 2 heterocycles. The second-order valence-corrected chi connectivity index (χ2v) is 6.96. The zero-order valence-corrected chi connectivity index (χ0v) is 14.8. The van der Waals surface area contributed by atoms with Gasteiger partial charge in [0, 0.05) is 58.3 Å². The molecule has 3 rings (SSSR count). The molecule has 2 aliphatic heterocycles. The molecule has 0 bridgehead atoms. The fourth-order valence-corrected chi connectivity index (χ4v) is 3.48. The first kappa shape index (κ1) is 17.5. The number of nitrogens with one attached hydrogen (secondary N) is 2. The van der Waals surface area contributed by atoms with Crippen LogP contribution in [0.25, 0.3) is 0 Å². The van der Waals surface area contributed by atoms with E-state index >= 15 is 0 Å². The number of rotatable bonds is 6. The molecule has 2 N–H and O–H groups in total. The van der Waals surface area contributed by atoms with Gasteiger partial charge in [0.2, 0.25) is 5.91 Å². The van der Waals surface area contributed by atoms with Gasteiger partial charge in [0.25, 0.3) is 0 Å². The van der Waals surface area contributed by atoms with Crippen molar-refractivity contribution in [3.05, 3.63) is 0 Å². The number of likely N-dealkylation sites (tertiary alicyclic amines) is 1. The lowest BCUT2D eigenvalue weighted by Crippen LogP contribution is -2.46. The molecule has 7 nitrogen and oxygen atoms in total. The fourth-order valence-electron chi connectivity index (χ4n) is 3.48. The van der Waals surface area contributed by atoms with Gasteiger partial charge in [-0.1, -0.05) is 0 Å². The number of morpholine rings is 1. The van der Waals surface area contributed by atoms with E-state index in [0.717, 1.165) is 71.2 Å². The van der Waals surface area contributed by atoms with Crippen molar-refractivity contribution in [2.45, 2.75) is 44.2 Å². The Morgan fingerprint density at radius 1 is 1.21 bits per heavy atom. The van der Waals surface area contributed by atoms with Gasteiger partial charge in [-0.15, -0.1) is 0 Å². The highest BCUT2D eigenvalue weighted by Gasteiger charge is 2.30. The van der Waals surface area contributed by atoms with Crippen molar-refractivity contribution in [3.63, 3.8) is 0 Å². The number of carbonyl (C=O) groups excluding carboxylic acids is 1. The molecule has 0 aromatic rings. The highest BCUT2D eigenvalue weighted by molar-refractivity contribution is 5.80. The first-order valence-electron chi connectivity index (χ1n) is 9.33. The predicted octanol–water partition coefficient (Wildman–Crippen LogP) is 0.0271. The van der Waals surface area contributed by atoms with Crippen LogP contribution < -0.4 is 10.6 Å². The highest BCUT2D eigenvalue weighted by atomic mass is 16.5. The molecule has 0 spiro atoms. The standard InChI is InChI=1S/C17H31N5O2/c1-18-17(19-7-2-3-16(23)20-14-4-5-14)22-8-6-15(13-22)21-9-11-24-12-10-21/h14-15H,2-13H2,1H3,(H,18,19)(H,20,23). The zero-order valence-electron chi connectivity index (χ0n) is 14.8. The Bertz CT molecular complexity index is 446. The lowest BCUT2D eigenvalue weighted by Gasteiger charge is -2.32. The van der Waals surface area contributed by atoms with Crippen LogP contribution in [0.4, 0.5) is 0 Å². The van der Waals surface area contributed by atoms with Crippen molar-refractivity contribution in [2.75, 3.05) is 53.0 Å². The molecule has 0 aromatic heterocycles. The van der Waals surface area contributed by atoms with Crippen LogP contribution in [0.1, 0.15) is 32.1 Å². The molecule has 1 aliphatic carbocycles. The second kappa shape index (κ2) is 8.67. The molecular formula is C17H31N5O2. The molecule has 3 aliphatic rings. The minimum atomic E-state index is 0.183. The Labute approximate surface area is 144 Å². The summed E-state index contributed by atoms with van der Waals surface area (Å²) in [5.41, 5.74) is 0. The summed E-state index contributed by atoms with van der Waals surface area (Å²) in [7, 11) is 1.84. The Hall–Kier alpha value is -1.34. The molecule has 136 valence electrons. The zero-order chi connectivity index (χ0) is 16.8. The van der Waals surface area contributed by atoms with Crippen LogP contribution in [0.3, 0.4) is 0 Å². The molecule has 24 heavy (non-hydrogen) atoms. The van der Waals surface area contributed by atoms with Gasteiger partial charge in [0.05, 0.1) is 13.2 Å².